The number of aryl methyl sites for hydroxylation is 1. The van der Waals surface area contributed by atoms with Gasteiger partial charge in [-0.25, -0.2) is 4.79 Å². The number of rotatable bonds is 5. The number of carbonyl (C=O) groups is 2. The van der Waals surface area contributed by atoms with E-state index in [2.05, 4.69) is 10.1 Å². The zero-order valence-electron chi connectivity index (χ0n) is 13.4. The summed E-state index contributed by atoms with van der Waals surface area (Å²) in [5.41, 5.74) is 0. The maximum Gasteiger partial charge on any atom is 0.328 e. The molecule has 0 N–H and O–H groups in total. The number of thiophene rings is 1. The number of carbonyl (C=O) groups excluding carboxylic acids is 2. The molecule has 1 saturated heterocycles. The van der Waals surface area contributed by atoms with Gasteiger partial charge in [-0.1, -0.05) is 11.2 Å². The Kier molecular flexibility index (Phi) is 5.24. The van der Waals surface area contributed by atoms with E-state index in [0.717, 1.165) is 17.7 Å². The summed E-state index contributed by atoms with van der Waals surface area (Å²) in [6, 6.07) is 3.36. The third-order valence-electron chi connectivity index (χ3n) is 4.06. The molecule has 0 aromatic carbocycles. The summed E-state index contributed by atoms with van der Waals surface area (Å²) in [4.78, 5) is 31.2. The highest BCUT2D eigenvalue weighted by atomic mass is 32.1. The van der Waals surface area contributed by atoms with Gasteiger partial charge in [0.1, 0.15) is 6.04 Å². The maximum atomic E-state index is 12.5. The van der Waals surface area contributed by atoms with Crippen molar-refractivity contribution in [3.05, 3.63) is 23.4 Å². The molecular formula is C16H19N3O4S. The molecule has 0 aliphatic carbocycles. The van der Waals surface area contributed by atoms with Gasteiger partial charge in [-0.2, -0.15) is 4.98 Å². The molecule has 0 spiro atoms. The van der Waals surface area contributed by atoms with E-state index in [0.29, 0.717) is 31.1 Å². The quantitative estimate of drug-likeness (QED) is 0.770. The first kappa shape index (κ1) is 16.6. The van der Waals surface area contributed by atoms with Crippen molar-refractivity contribution < 1.29 is 18.8 Å². The Balaban J connectivity index is 1.59. The zero-order chi connectivity index (χ0) is 16.9. The minimum Gasteiger partial charge on any atom is -0.467 e. The van der Waals surface area contributed by atoms with Crippen LogP contribution in [0.1, 0.15) is 31.6 Å². The topological polar surface area (TPSA) is 85.5 Å². The smallest absolute Gasteiger partial charge is 0.328 e. The lowest BCUT2D eigenvalue weighted by atomic mass is 10.0. The Bertz CT molecular complexity index is 698. The number of piperidine rings is 1. The lowest BCUT2D eigenvalue weighted by molar-refractivity contribution is -0.154. The Morgan fingerprint density at radius 2 is 2.33 bits per heavy atom. The lowest BCUT2D eigenvalue weighted by Gasteiger charge is -2.33. The normalized spacial score (nSPS) is 17.7. The van der Waals surface area contributed by atoms with E-state index in [1.54, 1.807) is 4.90 Å². The molecule has 24 heavy (non-hydrogen) atoms. The molecule has 2 aromatic rings. The fraction of sp³-hybridized carbons (Fsp3) is 0.500. The average Bonchev–Trinajstić information content (AvgIpc) is 3.30. The van der Waals surface area contributed by atoms with Crippen molar-refractivity contribution in [2.24, 2.45) is 0 Å². The highest BCUT2D eigenvalue weighted by Gasteiger charge is 2.32. The van der Waals surface area contributed by atoms with E-state index in [-0.39, 0.29) is 18.3 Å². The van der Waals surface area contributed by atoms with Gasteiger partial charge in [-0.3, -0.25) is 4.79 Å². The molecule has 3 rings (SSSR count). The van der Waals surface area contributed by atoms with Gasteiger partial charge in [-0.15, -0.1) is 11.3 Å². The molecule has 1 aliphatic heterocycles. The molecule has 3 heterocycles. The van der Waals surface area contributed by atoms with Gasteiger partial charge < -0.3 is 14.2 Å². The first-order valence-corrected chi connectivity index (χ1v) is 8.81. The number of methoxy groups -OCH3 is 1. The molecule has 1 aliphatic rings. The van der Waals surface area contributed by atoms with E-state index < -0.39 is 6.04 Å². The Hall–Kier alpha value is -2.22. The number of hydrogen-bond acceptors (Lipinski definition) is 7. The second-order valence-electron chi connectivity index (χ2n) is 5.61. The molecule has 1 fully saturated rings. The van der Waals surface area contributed by atoms with E-state index in [1.807, 2.05) is 17.5 Å². The molecule has 1 amide bonds. The summed E-state index contributed by atoms with van der Waals surface area (Å²) in [5, 5.41) is 5.87. The predicted molar refractivity (Wildman–Crippen MR) is 87.3 cm³/mol. The van der Waals surface area contributed by atoms with Crippen LogP contribution in [0.4, 0.5) is 0 Å². The van der Waals surface area contributed by atoms with Gasteiger partial charge >= 0.3 is 5.97 Å². The second-order valence-corrected chi connectivity index (χ2v) is 6.56. The van der Waals surface area contributed by atoms with Gasteiger partial charge in [0.15, 0.2) is 0 Å². The predicted octanol–water partition coefficient (Wildman–Crippen LogP) is 2.28. The first-order chi connectivity index (χ1) is 11.7. The van der Waals surface area contributed by atoms with Crippen LogP contribution in [0.25, 0.3) is 10.7 Å². The van der Waals surface area contributed by atoms with Crippen molar-refractivity contribution in [2.45, 2.75) is 38.1 Å². The zero-order valence-corrected chi connectivity index (χ0v) is 14.3. The molecule has 2 aromatic heterocycles. The highest BCUT2D eigenvalue weighted by Crippen LogP contribution is 2.22. The highest BCUT2D eigenvalue weighted by molar-refractivity contribution is 7.13. The molecule has 128 valence electrons. The van der Waals surface area contributed by atoms with Crippen LogP contribution in [-0.4, -0.2) is 46.6 Å². The summed E-state index contributed by atoms with van der Waals surface area (Å²) in [5.74, 6) is 0.540. The minimum absolute atomic E-state index is 0.0824. The number of esters is 1. The van der Waals surface area contributed by atoms with Gasteiger partial charge in [-0.05, 0) is 30.7 Å². The number of aromatic nitrogens is 2. The standard InChI is InChI=1S/C16H19N3O4S/c1-22-16(21)11-5-2-3-9-19(11)14(20)8-7-13-17-15(18-23-13)12-6-4-10-24-12/h4,6,10-11H,2-3,5,7-9H2,1H3. The Morgan fingerprint density at radius 1 is 1.46 bits per heavy atom. The van der Waals surface area contributed by atoms with E-state index in [1.165, 1.54) is 18.4 Å². The number of ether oxygens (including phenoxy) is 1. The molecular weight excluding hydrogens is 330 g/mol. The fourth-order valence-electron chi connectivity index (χ4n) is 2.83. The molecule has 8 heteroatoms. The molecule has 1 atom stereocenters. The van der Waals surface area contributed by atoms with Crippen molar-refractivity contribution in [3.8, 4) is 10.7 Å². The van der Waals surface area contributed by atoms with Gasteiger partial charge in [0.2, 0.25) is 17.6 Å². The van der Waals surface area contributed by atoms with Crippen molar-refractivity contribution in [3.63, 3.8) is 0 Å². The van der Waals surface area contributed by atoms with Crippen LogP contribution in [0.2, 0.25) is 0 Å². The van der Waals surface area contributed by atoms with Crippen molar-refractivity contribution in [1.82, 2.24) is 15.0 Å². The summed E-state index contributed by atoms with van der Waals surface area (Å²) < 4.78 is 10.0. The molecule has 1 unspecified atom stereocenters. The van der Waals surface area contributed by atoms with Crippen LogP contribution in [-0.2, 0) is 20.7 Å². The number of likely N-dealkylation sites (tertiary alicyclic amines) is 1. The van der Waals surface area contributed by atoms with Crippen LogP contribution in [0.15, 0.2) is 22.0 Å². The third kappa shape index (κ3) is 3.64. The van der Waals surface area contributed by atoms with Crippen molar-refractivity contribution >= 4 is 23.2 Å². The van der Waals surface area contributed by atoms with Crippen LogP contribution < -0.4 is 0 Å². The summed E-state index contributed by atoms with van der Waals surface area (Å²) in [6.45, 7) is 0.586. The van der Waals surface area contributed by atoms with Crippen molar-refractivity contribution in [1.29, 1.82) is 0 Å². The third-order valence-corrected chi connectivity index (χ3v) is 4.92. The fourth-order valence-corrected chi connectivity index (χ4v) is 3.48. The van der Waals surface area contributed by atoms with Crippen LogP contribution >= 0.6 is 11.3 Å². The maximum absolute atomic E-state index is 12.5. The molecule has 0 saturated carbocycles. The minimum atomic E-state index is -0.472. The summed E-state index contributed by atoms with van der Waals surface area (Å²) in [6.07, 6.45) is 3.09. The number of hydrogen-bond donors (Lipinski definition) is 0. The first-order valence-electron chi connectivity index (χ1n) is 7.93. The van der Waals surface area contributed by atoms with Gasteiger partial charge in [0, 0.05) is 19.4 Å². The lowest BCUT2D eigenvalue weighted by Crippen LogP contribution is -2.48. The van der Waals surface area contributed by atoms with E-state index in [4.69, 9.17) is 9.26 Å². The summed E-state index contributed by atoms with van der Waals surface area (Å²) in [7, 11) is 1.35. The van der Waals surface area contributed by atoms with Crippen LogP contribution in [0.5, 0.6) is 0 Å². The summed E-state index contributed by atoms with van der Waals surface area (Å²) >= 11 is 1.53. The molecule has 0 radical (unpaired) electrons. The Labute approximate surface area is 143 Å². The monoisotopic (exact) mass is 349 g/mol. The van der Waals surface area contributed by atoms with Gasteiger partial charge in [0.05, 0.1) is 12.0 Å². The number of amides is 1. The Morgan fingerprint density at radius 3 is 3.08 bits per heavy atom. The van der Waals surface area contributed by atoms with E-state index >= 15 is 0 Å². The van der Waals surface area contributed by atoms with Crippen LogP contribution in [0.3, 0.4) is 0 Å². The second kappa shape index (κ2) is 7.57. The SMILES string of the molecule is COC(=O)C1CCCCN1C(=O)CCc1nc(-c2cccs2)no1. The van der Waals surface area contributed by atoms with Gasteiger partial charge in [0.25, 0.3) is 0 Å². The van der Waals surface area contributed by atoms with Crippen LogP contribution in [0, 0.1) is 0 Å². The van der Waals surface area contributed by atoms with Crippen molar-refractivity contribution in [2.75, 3.05) is 13.7 Å². The molecule has 0 bridgehead atoms. The average molecular weight is 349 g/mol. The molecule has 7 nitrogen and oxygen atoms in total. The number of nitrogens with zero attached hydrogens (tertiary/aromatic N) is 3. The largest absolute Gasteiger partial charge is 0.467 e. The van der Waals surface area contributed by atoms with E-state index in [9.17, 15) is 9.59 Å².